The molecule has 6 heteroatoms. The minimum atomic E-state index is -4.37. The minimum Gasteiger partial charge on any atom is -0.253 e. The molecule has 0 aliphatic heterocycles. The number of nitrogens with zero attached hydrogens (tertiary/aromatic N) is 2. The Morgan fingerprint density at radius 3 is 2.45 bits per heavy atom. The van der Waals surface area contributed by atoms with Crippen LogP contribution in [0.5, 0.6) is 0 Å². The second kappa shape index (κ2) is 2.52. The van der Waals surface area contributed by atoms with Crippen LogP contribution < -0.4 is 0 Å². The molecule has 0 spiro atoms. The lowest BCUT2D eigenvalue weighted by Crippen LogP contribution is -2.08. The molecule has 0 unspecified atom stereocenters. The van der Waals surface area contributed by atoms with Crippen molar-refractivity contribution in [3.63, 3.8) is 0 Å². The standard InChI is InChI=1S/C5H6F3N3/c1-2-3-4(5(6,7)8)10-11-9-3/h2H2,1H3,(H,9,10,11). The van der Waals surface area contributed by atoms with Gasteiger partial charge in [0, 0.05) is 0 Å². The van der Waals surface area contributed by atoms with Crippen LogP contribution in [0.25, 0.3) is 0 Å². The number of aromatic nitrogens is 3. The molecular formula is C5H6F3N3. The highest BCUT2D eigenvalue weighted by Gasteiger charge is 2.35. The van der Waals surface area contributed by atoms with E-state index in [1.165, 1.54) is 0 Å². The van der Waals surface area contributed by atoms with E-state index in [4.69, 9.17) is 0 Å². The van der Waals surface area contributed by atoms with Gasteiger partial charge >= 0.3 is 6.18 Å². The monoisotopic (exact) mass is 165 g/mol. The molecule has 0 atom stereocenters. The van der Waals surface area contributed by atoms with E-state index in [9.17, 15) is 13.2 Å². The first-order valence-electron chi connectivity index (χ1n) is 3.02. The van der Waals surface area contributed by atoms with Crippen LogP contribution in [0, 0.1) is 0 Å². The molecule has 0 aliphatic carbocycles. The molecule has 62 valence electrons. The number of hydrogen-bond donors (Lipinski definition) is 1. The Bertz CT molecular complexity index is 239. The van der Waals surface area contributed by atoms with E-state index in [1.807, 2.05) is 5.10 Å². The van der Waals surface area contributed by atoms with Crippen molar-refractivity contribution in [1.29, 1.82) is 0 Å². The van der Waals surface area contributed by atoms with Gasteiger partial charge in [-0.15, -0.1) is 5.10 Å². The fourth-order valence-corrected chi connectivity index (χ4v) is 0.724. The quantitative estimate of drug-likeness (QED) is 0.683. The molecule has 3 nitrogen and oxygen atoms in total. The highest BCUT2D eigenvalue weighted by atomic mass is 19.4. The third-order valence-electron chi connectivity index (χ3n) is 1.24. The lowest BCUT2D eigenvalue weighted by molar-refractivity contribution is -0.141. The van der Waals surface area contributed by atoms with Crippen LogP contribution in [0.4, 0.5) is 13.2 Å². The summed E-state index contributed by atoms with van der Waals surface area (Å²) >= 11 is 0. The zero-order chi connectivity index (χ0) is 8.48. The van der Waals surface area contributed by atoms with Gasteiger partial charge < -0.3 is 0 Å². The van der Waals surface area contributed by atoms with Gasteiger partial charge in [0.2, 0.25) is 0 Å². The summed E-state index contributed by atoms with van der Waals surface area (Å²) in [5, 5.41) is 8.15. The average molecular weight is 165 g/mol. The normalized spacial score (nSPS) is 12.0. The molecular weight excluding hydrogens is 159 g/mol. The molecule has 1 heterocycles. The van der Waals surface area contributed by atoms with Crippen LogP contribution in [0.2, 0.25) is 0 Å². The summed E-state index contributed by atoms with van der Waals surface area (Å²) < 4.78 is 35.9. The summed E-state index contributed by atoms with van der Waals surface area (Å²) in [5.74, 6) is 0. The maximum absolute atomic E-state index is 12.0. The van der Waals surface area contributed by atoms with Gasteiger partial charge in [-0.25, -0.2) is 0 Å². The maximum atomic E-state index is 12.0. The van der Waals surface area contributed by atoms with Gasteiger partial charge in [0.05, 0.1) is 5.69 Å². The van der Waals surface area contributed by atoms with Gasteiger partial charge in [0.1, 0.15) is 0 Å². The molecule has 0 saturated carbocycles. The largest absolute Gasteiger partial charge is 0.434 e. The van der Waals surface area contributed by atoms with E-state index in [-0.39, 0.29) is 12.1 Å². The lowest BCUT2D eigenvalue weighted by atomic mass is 10.2. The SMILES string of the molecule is CCc1nn[nH]c1C(F)(F)F. The Labute approximate surface area is 60.6 Å². The average Bonchev–Trinajstić information content (AvgIpc) is 2.31. The number of aromatic amines is 1. The summed E-state index contributed by atoms with van der Waals surface area (Å²) in [7, 11) is 0. The Kier molecular flexibility index (Phi) is 1.84. The van der Waals surface area contributed by atoms with E-state index in [2.05, 4.69) is 10.3 Å². The second-order valence-corrected chi connectivity index (χ2v) is 1.98. The Morgan fingerprint density at radius 2 is 2.09 bits per heavy atom. The topological polar surface area (TPSA) is 41.6 Å². The smallest absolute Gasteiger partial charge is 0.253 e. The molecule has 0 bridgehead atoms. The predicted molar refractivity (Wildman–Crippen MR) is 30.8 cm³/mol. The molecule has 0 radical (unpaired) electrons. The van der Waals surface area contributed by atoms with Gasteiger partial charge in [-0.2, -0.15) is 13.2 Å². The summed E-state index contributed by atoms with van der Waals surface area (Å²) in [6.45, 7) is 1.59. The fraction of sp³-hybridized carbons (Fsp3) is 0.600. The number of nitrogens with one attached hydrogen (secondary N) is 1. The van der Waals surface area contributed by atoms with Crippen molar-refractivity contribution in [3.8, 4) is 0 Å². The third-order valence-corrected chi connectivity index (χ3v) is 1.24. The number of hydrogen-bond acceptors (Lipinski definition) is 2. The van der Waals surface area contributed by atoms with E-state index in [1.54, 1.807) is 6.92 Å². The van der Waals surface area contributed by atoms with Crippen LogP contribution in [0.3, 0.4) is 0 Å². The van der Waals surface area contributed by atoms with E-state index in [0.29, 0.717) is 0 Å². The third kappa shape index (κ3) is 1.50. The second-order valence-electron chi connectivity index (χ2n) is 1.98. The van der Waals surface area contributed by atoms with Crippen molar-refractivity contribution in [3.05, 3.63) is 11.4 Å². The summed E-state index contributed by atoms with van der Waals surface area (Å²) in [6, 6.07) is 0. The van der Waals surface area contributed by atoms with E-state index < -0.39 is 11.9 Å². The van der Waals surface area contributed by atoms with Crippen LogP contribution in [0.1, 0.15) is 18.3 Å². The Morgan fingerprint density at radius 1 is 1.45 bits per heavy atom. The van der Waals surface area contributed by atoms with Crippen LogP contribution in [0.15, 0.2) is 0 Å². The number of H-pyrrole nitrogens is 1. The Hall–Kier alpha value is -1.07. The zero-order valence-electron chi connectivity index (χ0n) is 5.74. The number of rotatable bonds is 1. The molecule has 0 aliphatic rings. The van der Waals surface area contributed by atoms with Gasteiger partial charge in [-0.1, -0.05) is 12.1 Å². The van der Waals surface area contributed by atoms with Crippen molar-refractivity contribution in [1.82, 2.24) is 15.4 Å². The number of aryl methyl sites for hydroxylation is 1. The number of halogens is 3. The molecule has 1 aromatic heterocycles. The van der Waals surface area contributed by atoms with Crippen LogP contribution >= 0.6 is 0 Å². The summed E-state index contributed by atoms with van der Waals surface area (Å²) in [6.07, 6.45) is -4.14. The van der Waals surface area contributed by atoms with E-state index >= 15 is 0 Å². The molecule has 1 aromatic rings. The van der Waals surface area contributed by atoms with Crippen LogP contribution in [-0.2, 0) is 12.6 Å². The molecule has 0 amide bonds. The van der Waals surface area contributed by atoms with Crippen molar-refractivity contribution in [2.24, 2.45) is 0 Å². The first-order chi connectivity index (χ1) is 5.05. The van der Waals surface area contributed by atoms with Gasteiger partial charge in [-0.3, -0.25) is 5.10 Å². The van der Waals surface area contributed by atoms with Crippen molar-refractivity contribution >= 4 is 0 Å². The van der Waals surface area contributed by atoms with Crippen molar-refractivity contribution < 1.29 is 13.2 Å². The molecule has 0 aromatic carbocycles. The van der Waals surface area contributed by atoms with Gasteiger partial charge in [0.15, 0.2) is 5.69 Å². The maximum Gasteiger partial charge on any atom is 0.434 e. The molecule has 1 rings (SSSR count). The highest BCUT2D eigenvalue weighted by Crippen LogP contribution is 2.28. The van der Waals surface area contributed by atoms with Crippen LogP contribution in [-0.4, -0.2) is 15.4 Å². The first-order valence-corrected chi connectivity index (χ1v) is 3.02. The molecule has 0 saturated heterocycles. The van der Waals surface area contributed by atoms with Gasteiger partial charge in [0.25, 0.3) is 0 Å². The van der Waals surface area contributed by atoms with E-state index in [0.717, 1.165) is 0 Å². The Balaban J connectivity index is 3.02. The molecule has 0 fully saturated rings. The van der Waals surface area contributed by atoms with Crippen molar-refractivity contribution in [2.45, 2.75) is 19.5 Å². The van der Waals surface area contributed by atoms with Gasteiger partial charge in [-0.05, 0) is 6.42 Å². The lowest BCUT2D eigenvalue weighted by Gasteiger charge is -2.02. The van der Waals surface area contributed by atoms with Crippen molar-refractivity contribution in [2.75, 3.05) is 0 Å². The highest BCUT2D eigenvalue weighted by molar-refractivity contribution is 5.11. The fourth-order valence-electron chi connectivity index (χ4n) is 0.724. The molecule has 11 heavy (non-hydrogen) atoms. The number of alkyl halides is 3. The molecule has 1 N–H and O–H groups in total. The summed E-state index contributed by atoms with van der Waals surface area (Å²) in [4.78, 5) is 0. The predicted octanol–water partition coefficient (Wildman–Crippen LogP) is 1.39. The zero-order valence-corrected chi connectivity index (χ0v) is 5.74. The minimum absolute atomic E-state index is 0.0440. The summed E-state index contributed by atoms with van der Waals surface area (Å²) in [5.41, 5.74) is -0.891. The first kappa shape index (κ1) is 8.03.